The maximum absolute atomic E-state index is 5.53. The minimum absolute atomic E-state index is 0. The molecular weight excluding hydrogens is 235 g/mol. The third-order valence-corrected chi connectivity index (χ3v) is 2.02. The van der Waals surface area contributed by atoms with Crippen LogP contribution in [0.3, 0.4) is 0 Å². The van der Waals surface area contributed by atoms with Crippen molar-refractivity contribution in [2.75, 3.05) is 11.5 Å². The van der Waals surface area contributed by atoms with Crippen LogP contribution in [0.1, 0.15) is 0 Å². The van der Waals surface area contributed by atoms with E-state index in [1.807, 2.05) is 0 Å². The van der Waals surface area contributed by atoms with Crippen molar-refractivity contribution < 1.29 is 0 Å². The van der Waals surface area contributed by atoms with Crippen molar-refractivity contribution in [1.29, 1.82) is 0 Å². The molecule has 0 radical (unpaired) electrons. The average Bonchev–Trinajstić information content (AvgIpc) is 1.93. The number of anilines is 2. The number of rotatable bonds is 0. The summed E-state index contributed by atoms with van der Waals surface area (Å²) in [6.45, 7) is 0. The quantitative estimate of drug-likeness (QED) is 0.418. The number of hydrogen-bond donors (Lipinski definition) is 4. The van der Waals surface area contributed by atoms with E-state index in [1.54, 1.807) is 12.1 Å². The van der Waals surface area contributed by atoms with Crippen LogP contribution in [0.25, 0.3) is 0 Å². The Morgan fingerprint density at radius 2 is 1.08 bits per heavy atom. The van der Waals surface area contributed by atoms with E-state index in [0.29, 0.717) is 21.2 Å². The Bertz CT molecular complexity index is 241. The number of hydrogen-bond acceptors (Lipinski definition) is 4. The molecule has 0 unspecified atom stereocenters. The minimum Gasteiger partial charge on any atom is -0.396 e. The molecule has 0 aliphatic heterocycles. The number of thiol groups is 2. The Balaban J connectivity index is 0. The molecule has 0 heterocycles. The predicted molar refractivity (Wildman–Crippen MR) is 64.3 cm³/mol. The fourth-order valence-corrected chi connectivity index (χ4v) is 1.00. The Morgan fingerprint density at radius 1 is 0.833 bits per heavy atom. The highest BCUT2D eigenvalue weighted by Crippen LogP contribution is 2.28. The van der Waals surface area contributed by atoms with Gasteiger partial charge in [-0.25, -0.2) is 0 Å². The summed E-state index contributed by atoms with van der Waals surface area (Å²) in [4.78, 5) is 1.38. The van der Waals surface area contributed by atoms with Gasteiger partial charge in [0.2, 0.25) is 0 Å². The molecule has 4 N–H and O–H groups in total. The summed E-state index contributed by atoms with van der Waals surface area (Å²) in [6, 6.07) is 3.52. The molecule has 0 aromatic heterocycles. The van der Waals surface area contributed by atoms with E-state index in [0.717, 1.165) is 0 Å². The first-order valence-electron chi connectivity index (χ1n) is 2.69. The fourth-order valence-electron chi connectivity index (χ4n) is 0.613. The second-order valence-corrected chi connectivity index (χ2v) is 2.89. The summed E-state index contributed by atoms with van der Waals surface area (Å²) < 4.78 is 0. The fraction of sp³-hybridized carbons (Fsp3) is 0. The van der Waals surface area contributed by atoms with Gasteiger partial charge in [0.15, 0.2) is 0 Å². The zero-order chi connectivity index (χ0) is 7.72. The average molecular weight is 245 g/mol. The van der Waals surface area contributed by atoms with Crippen molar-refractivity contribution >= 4 is 61.4 Å². The zero-order valence-corrected chi connectivity index (χ0v) is 9.44. The first-order valence-corrected chi connectivity index (χ1v) is 3.58. The van der Waals surface area contributed by atoms with E-state index in [-0.39, 0.29) is 24.8 Å². The summed E-state index contributed by atoms with van der Waals surface area (Å²) in [7, 11) is 0. The van der Waals surface area contributed by atoms with E-state index >= 15 is 0 Å². The van der Waals surface area contributed by atoms with Gasteiger partial charge in [-0.3, -0.25) is 0 Å². The second kappa shape index (κ2) is 5.70. The molecule has 0 aliphatic rings. The van der Waals surface area contributed by atoms with Gasteiger partial charge < -0.3 is 11.5 Å². The van der Waals surface area contributed by atoms with E-state index in [9.17, 15) is 0 Å². The van der Waals surface area contributed by atoms with Gasteiger partial charge in [0.1, 0.15) is 0 Å². The molecule has 2 nitrogen and oxygen atoms in total. The topological polar surface area (TPSA) is 52.0 Å². The number of nitrogens with two attached hydrogens (primary N) is 2. The molecule has 1 rings (SSSR count). The molecule has 0 atom stereocenters. The van der Waals surface area contributed by atoms with Crippen LogP contribution in [0.15, 0.2) is 21.9 Å². The maximum atomic E-state index is 5.53. The van der Waals surface area contributed by atoms with Crippen LogP contribution in [0.2, 0.25) is 0 Å². The van der Waals surface area contributed by atoms with Crippen LogP contribution in [0, 0.1) is 0 Å². The Morgan fingerprint density at radius 3 is 1.33 bits per heavy atom. The van der Waals surface area contributed by atoms with Gasteiger partial charge >= 0.3 is 0 Å². The van der Waals surface area contributed by atoms with Crippen molar-refractivity contribution in [1.82, 2.24) is 0 Å². The molecule has 0 saturated carbocycles. The summed E-state index contributed by atoms with van der Waals surface area (Å²) in [5.74, 6) is 0. The summed E-state index contributed by atoms with van der Waals surface area (Å²) in [5, 5.41) is 0. The molecular formula is C6H10Cl2N2S2. The lowest BCUT2D eigenvalue weighted by Crippen LogP contribution is -1.96. The number of benzene rings is 1. The lowest BCUT2D eigenvalue weighted by molar-refractivity contribution is 1.38. The monoisotopic (exact) mass is 244 g/mol. The van der Waals surface area contributed by atoms with E-state index in [2.05, 4.69) is 25.3 Å². The van der Waals surface area contributed by atoms with Crippen molar-refractivity contribution in [3.8, 4) is 0 Å². The highest BCUT2D eigenvalue weighted by molar-refractivity contribution is 7.81. The standard InChI is InChI=1S/C6H8N2S2.2ClH/c7-5-3(9)1-2-4(10)6(5)8;;/h1-2,9-10H,7-8H2;2*1H. The van der Waals surface area contributed by atoms with E-state index in [4.69, 9.17) is 11.5 Å². The van der Waals surface area contributed by atoms with Crippen molar-refractivity contribution in [3.05, 3.63) is 12.1 Å². The number of nitrogen functional groups attached to an aromatic ring is 2. The summed E-state index contributed by atoms with van der Waals surface area (Å²) >= 11 is 8.15. The van der Waals surface area contributed by atoms with E-state index < -0.39 is 0 Å². The van der Waals surface area contributed by atoms with Crippen molar-refractivity contribution in [2.45, 2.75) is 9.79 Å². The maximum Gasteiger partial charge on any atom is 0.0694 e. The van der Waals surface area contributed by atoms with Crippen molar-refractivity contribution in [2.24, 2.45) is 0 Å². The molecule has 0 amide bonds. The van der Waals surface area contributed by atoms with Crippen LogP contribution in [-0.4, -0.2) is 0 Å². The Labute approximate surface area is 94.7 Å². The van der Waals surface area contributed by atoms with Gasteiger partial charge in [-0.05, 0) is 12.1 Å². The lowest BCUT2D eigenvalue weighted by atomic mass is 10.3. The minimum atomic E-state index is 0. The Hall–Kier alpha value is 0.1000. The van der Waals surface area contributed by atoms with E-state index in [1.165, 1.54) is 0 Å². The van der Waals surface area contributed by atoms with Gasteiger partial charge in [0.05, 0.1) is 11.4 Å². The largest absolute Gasteiger partial charge is 0.396 e. The number of halogens is 2. The molecule has 0 saturated heterocycles. The molecule has 0 spiro atoms. The first-order chi connectivity index (χ1) is 4.63. The van der Waals surface area contributed by atoms with Crippen LogP contribution < -0.4 is 11.5 Å². The third-order valence-electron chi connectivity index (χ3n) is 1.24. The van der Waals surface area contributed by atoms with Crippen molar-refractivity contribution in [3.63, 3.8) is 0 Å². The van der Waals surface area contributed by atoms with Gasteiger partial charge in [-0.15, -0.1) is 50.1 Å². The zero-order valence-electron chi connectivity index (χ0n) is 6.02. The van der Waals surface area contributed by atoms with Crippen LogP contribution in [0.4, 0.5) is 11.4 Å². The summed E-state index contributed by atoms with van der Waals surface area (Å²) in [6.07, 6.45) is 0. The summed E-state index contributed by atoms with van der Waals surface area (Å²) in [5.41, 5.74) is 12.1. The second-order valence-electron chi connectivity index (χ2n) is 1.93. The predicted octanol–water partition coefficient (Wildman–Crippen LogP) is 2.27. The van der Waals surface area contributed by atoms with Crippen LogP contribution in [0.5, 0.6) is 0 Å². The molecule has 0 aliphatic carbocycles. The first kappa shape index (κ1) is 14.6. The van der Waals surface area contributed by atoms with Gasteiger partial charge in [-0.1, -0.05) is 0 Å². The van der Waals surface area contributed by atoms with Gasteiger partial charge in [0.25, 0.3) is 0 Å². The SMILES string of the molecule is Cl.Cl.Nc1c(S)ccc(S)c1N. The third kappa shape index (κ3) is 2.86. The molecule has 6 heteroatoms. The highest BCUT2D eigenvalue weighted by atomic mass is 35.5. The van der Waals surface area contributed by atoms with Crippen LogP contribution in [-0.2, 0) is 0 Å². The molecule has 0 fully saturated rings. The normalized spacial score (nSPS) is 8.17. The molecule has 0 bridgehead atoms. The highest BCUT2D eigenvalue weighted by Gasteiger charge is 2.00. The molecule has 12 heavy (non-hydrogen) atoms. The molecule has 1 aromatic rings. The lowest BCUT2D eigenvalue weighted by Gasteiger charge is -2.04. The molecule has 1 aromatic carbocycles. The Kier molecular flexibility index (Phi) is 6.94. The van der Waals surface area contributed by atoms with Gasteiger partial charge in [0, 0.05) is 9.79 Å². The van der Waals surface area contributed by atoms with Gasteiger partial charge in [-0.2, -0.15) is 0 Å². The smallest absolute Gasteiger partial charge is 0.0694 e. The van der Waals surface area contributed by atoms with Crippen LogP contribution >= 0.6 is 50.1 Å². The molecule has 70 valence electrons.